The van der Waals surface area contributed by atoms with Gasteiger partial charge in [-0.1, -0.05) is 13.3 Å². The summed E-state index contributed by atoms with van der Waals surface area (Å²) in [6, 6.07) is 10.8. The van der Waals surface area contributed by atoms with Gasteiger partial charge in [-0.15, -0.1) is 0 Å². The Kier molecular flexibility index (Phi) is 6.84. The van der Waals surface area contributed by atoms with Gasteiger partial charge in [0.2, 0.25) is 5.78 Å². The average molecular weight is 423 g/mol. The van der Waals surface area contributed by atoms with Gasteiger partial charge in [0.05, 0.1) is 23.3 Å². The van der Waals surface area contributed by atoms with Crippen LogP contribution in [0.1, 0.15) is 75.0 Å². The summed E-state index contributed by atoms with van der Waals surface area (Å²) in [5, 5.41) is 0. The molecule has 2 aromatic rings. The largest absolute Gasteiger partial charge is 0.494 e. The Morgan fingerprint density at radius 2 is 1.58 bits per heavy atom. The fraction of sp³-hybridized carbons (Fsp3) is 0.333. The van der Waals surface area contributed by atoms with E-state index in [0.717, 1.165) is 6.42 Å². The van der Waals surface area contributed by atoms with Crippen molar-refractivity contribution in [3.05, 3.63) is 64.7 Å². The highest BCUT2D eigenvalue weighted by Gasteiger charge is 2.35. The van der Waals surface area contributed by atoms with E-state index in [-0.39, 0.29) is 28.4 Å². The standard InChI is InChI=1S/C24H25NO6/c1-4-6-13-25-22(27)19-12-9-17(14-20(19)23(25)28)24(29)31-15(3)21(26)16-7-10-18(11-8-16)30-5-2/h7-12,14-15H,4-6,13H2,1-3H3. The smallest absolute Gasteiger partial charge is 0.338 e. The minimum atomic E-state index is -1.02. The number of unbranched alkanes of at least 4 members (excludes halogenated alkanes) is 1. The maximum atomic E-state index is 12.6. The molecule has 31 heavy (non-hydrogen) atoms. The number of ketones is 1. The first-order chi connectivity index (χ1) is 14.9. The fourth-order valence-corrected chi connectivity index (χ4v) is 3.34. The number of carbonyl (C=O) groups is 4. The Labute approximate surface area is 180 Å². The number of esters is 1. The third-order valence-electron chi connectivity index (χ3n) is 5.04. The molecule has 0 bridgehead atoms. The first-order valence-corrected chi connectivity index (χ1v) is 10.4. The molecule has 0 aromatic heterocycles. The molecule has 2 amide bonds. The molecule has 0 spiro atoms. The average Bonchev–Trinajstić information content (AvgIpc) is 3.01. The number of hydrogen-bond donors (Lipinski definition) is 0. The van der Waals surface area contributed by atoms with Crippen LogP contribution >= 0.6 is 0 Å². The Bertz CT molecular complexity index is 1010. The summed E-state index contributed by atoms with van der Waals surface area (Å²) in [6.07, 6.45) is 0.550. The second kappa shape index (κ2) is 9.55. The van der Waals surface area contributed by atoms with Gasteiger partial charge in [0.1, 0.15) is 5.75 Å². The van der Waals surface area contributed by atoms with E-state index in [1.807, 2.05) is 13.8 Å². The zero-order chi connectivity index (χ0) is 22.5. The van der Waals surface area contributed by atoms with E-state index in [1.54, 1.807) is 24.3 Å². The molecule has 2 aromatic carbocycles. The molecule has 0 N–H and O–H groups in total. The second-order valence-corrected chi connectivity index (χ2v) is 7.25. The molecule has 0 saturated carbocycles. The molecule has 3 rings (SSSR count). The quantitative estimate of drug-likeness (QED) is 0.345. The summed E-state index contributed by atoms with van der Waals surface area (Å²) in [4.78, 5) is 51.3. The number of carbonyl (C=O) groups excluding carboxylic acids is 4. The van der Waals surface area contributed by atoms with Crippen LogP contribution in [0.25, 0.3) is 0 Å². The Balaban J connectivity index is 1.70. The van der Waals surface area contributed by atoms with Crippen molar-refractivity contribution in [1.29, 1.82) is 0 Å². The number of imide groups is 1. The van der Waals surface area contributed by atoms with Gasteiger partial charge in [-0.05, 0) is 62.7 Å². The van der Waals surface area contributed by atoms with Crippen molar-refractivity contribution >= 4 is 23.6 Å². The highest BCUT2D eigenvalue weighted by Crippen LogP contribution is 2.25. The van der Waals surface area contributed by atoms with E-state index >= 15 is 0 Å². The summed E-state index contributed by atoms with van der Waals surface area (Å²) in [6.45, 7) is 6.20. The maximum Gasteiger partial charge on any atom is 0.338 e. The lowest BCUT2D eigenvalue weighted by molar-refractivity contribution is 0.0318. The third kappa shape index (κ3) is 4.66. The molecule has 7 nitrogen and oxygen atoms in total. The fourth-order valence-electron chi connectivity index (χ4n) is 3.34. The predicted octanol–water partition coefficient (Wildman–Crippen LogP) is 3.91. The highest BCUT2D eigenvalue weighted by molar-refractivity contribution is 6.22. The van der Waals surface area contributed by atoms with Gasteiger partial charge in [-0.25, -0.2) is 4.79 Å². The number of fused-ring (bicyclic) bond motifs is 1. The molecular formula is C24H25NO6. The van der Waals surface area contributed by atoms with Crippen LogP contribution in [0.3, 0.4) is 0 Å². The van der Waals surface area contributed by atoms with E-state index in [9.17, 15) is 19.2 Å². The molecule has 0 saturated heterocycles. The van der Waals surface area contributed by atoms with Crippen molar-refractivity contribution in [3.8, 4) is 5.75 Å². The van der Waals surface area contributed by atoms with E-state index in [4.69, 9.17) is 9.47 Å². The number of Topliss-reactive ketones (excluding diaryl/α,β-unsaturated/α-hetero) is 1. The van der Waals surface area contributed by atoms with Gasteiger partial charge in [-0.3, -0.25) is 19.3 Å². The number of ether oxygens (including phenoxy) is 2. The molecule has 0 aliphatic carbocycles. The summed E-state index contributed by atoms with van der Waals surface area (Å²) in [5.41, 5.74) is 0.964. The molecule has 0 radical (unpaired) electrons. The van der Waals surface area contributed by atoms with E-state index in [0.29, 0.717) is 30.9 Å². The van der Waals surface area contributed by atoms with Gasteiger partial charge in [0, 0.05) is 12.1 Å². The molecule has 7 heteroatoms. The van der Waals surface area contributed by atoms with E-state index in [1.165, 1.54) is 30.0 Å². The van der Waals surface area contributed by atoms with E-state index in [2.05, 4.69) is 0 Å². The Morgan fingerprint density at radius 3 is 2.23 bits per heavy atom. The van der Waals surface area contributed by atoms with Crippen LogP contribution in [0.2, 0.25) is 0 Å². The first kappa shape index (κ1) is 22.2. The monoisotopic (exact) mass is 423 g/mol. The number of nitrogens with zero attached hydrogens (tertiary/aromatic N) is 1. The number of amides is 2. The second-order valence-electron chi connectivity index (χ2n) is 7.25. The van der Waals surface area contributed by atoms with Gasteiger partial charge < -0.3 is 9.47 Å². The molecule has 1 aliphatic heterocycles. The highest BCUT2D eigenvalue weighted by atomic mass is 16.5. The van der Waals surface area contributed by atoms with Crippen molar-refractivity contribution in [3.63, 3.8) is 0 Å². The molecule has 1 atom stereocenters. The normalized spacial score (nSPS) is 13.7. The van der Waals surface area contributed by atoms with E-state index < -0.39 is 18.0 Å². The third-order valence-corrected chi connectivity index (χ3v) is 5.04. The summed E-state index contributed by atoms with van der Waals surface area (Å²) in [7, 11) is 0. The zero-order valence-electron chi connectivity index (χ0n) is 17.8. The number of hydrogen-bond acceptors (Lipinski definition) is 6. The van der Waals surface area contributed by atoms with Crippen LogP contribution in [0.5, 0.6) is 5.75 Å². The summed E-state index contributed by atoms with van der Waals surface area (Å²) >= 11 is 0. The Hall–Kier alpha value is -3.48. The van der Waals surface area contributed by atoms with Gasteiger partial charge in [0.15, 0.2) is 6.10 Å². The van der Waals surface area contributed by atoms with Crippen LogP contribution in [-0.4, -0.2) is 47.7 Å². The summed E-state index contributed by atoms with van der Waals surface area (Å²) in [5.74, 6) is -1.21. The lowest BCUT2D eigenvalue weighted by Gasteiger charge is -2.13. The lowest BCUT2D eigenvalue weighted by Crippen LogP contribution is -2.30. The minimum Gasteiger partial charge on any atom is -0.494 e. The topological polar surface area (TPSA) is 90.0 Å². The number of benzene rings is 2. The van der Waals surface area contributed by atoms with Crippen LogP contribution in [0, 0.1) is 0 Å². The van der Waals surface area contributed by atoms with Crippen molar-refractivity contribution in [2.75, 3.05) is 13.2 Å². The molecule has 1 aliphatic rings. The minimum absolute atomic E-state index is 0.114. The first-order valence-electron chi connectivity index (χ1n) is 10.4. The van der Waals surface area contributed by atoms with Gasteiger partial charge >= 0.3 is 5.97 Å². The van der Waals surface area contributed by atoms with Crippen LogP contribution in [0.15, 0.2) is 42.5 Å². The molecule has 1 heterocycles. The Morgan fingerprint density at radius 1 is 0.935 bits per heavy atom. The molecule has 162 valence electrons. The zero-order valence-corrected chi connectivity index (χ0v) is 17.8. The molecular weight excluding hydrogens is 398 g/mol. The van der Waals surface area contributed by atoms with Crippen LogP contribution in [0.4, 0.5) is 0 Å². The van der Waals surface area contributed by atoms with Crippen LogP contribution < -0.4 is 4.74 Å². The lowest BCUT2D eigenvalue weighted by atomic mass is 10.1. The van der Waals surface area contributed by atoms with Crippen LogP contribution in [-0.2, 0) is 4.74 Å². The maximum absolute atomic E-state index is 12.6. The van der Waals surface area contributed by atoms with Crippen molar-refractivity contribution in [1.82, 2.24) is 4.90 Å². The van der Waals surface area contributed by atoms with Crippen molar-refractivity contribution in [2.45, 2.75) is 39.7 Å². The SMILES string of the molecule is CCCCN1C(=O)c2ccc(C(=O)OC(C)C(=O)c3ccc(OCC)cc3)cc2C1=O. The number of rotatable bonds is 9. The van der Waals surface area contributed by atoms with Gasteiger partial charge in [0.25, 0.3) is 11.8 Å². The van der Waals surface area contributed by atoms with Crippen molar-refractivity contribution < 1.29 is 28.7 Å². The summed E-state index contributed by atoms with van der Waals surface area (Å²) < 4.78 is 10.7. The molecule has 0 fully saturated rings. The van der Waals surface area contributed by atoms with Gasteiger partial charge in [-0.2, -0.15) is 0 Å². The predicted molar refractivity (Wildman–Crippen MR) is 114 cm³/mol. The molecule has 1 unspecified atom stereocenters. The van der Waals surface area contributed by atoms with Crippen molar-refractivity contribution in [2.24, 2.45) is 0 Å².